The summed E-state index contributed by atoms with van der Waals surface area (Å²) in [7, 11) is 0. The summed E-state index contributed by atoms with van der Waals surface area (Å²) in [5, 5.41) is 3.71. The summed E-state index contributed by atoms with van der Waals surface area (Å²) in [5.41, 5.74) is 4.24. The maximum atomic E-state index is 3.71. The van der Waals surface area contributed by atoms with Crippen LogP contribution in [0, 0.1) is 13.8 Å². The van der Waals surface area contributed by atoms with E-state index in [0.717, 1.165) is 19.1 Å². The summed E-state index contributed by atoms with van der Waals surface area (Å²) in [4.78, 5) is 2.65. The summed E-state index contributed by atoms with van der Waals surface area (Å²) in [5.74, 6) is 0. The van der Waals surface area contributed by atoms with Crippen LogP contribution in [0.25, 0.3) is 0 Å². The molecule has 1 aliphatic heterocycles. The molecular formula is C16H24N2. The van der Waals surface area contributed by atoms with Crippen LogP contribution in [0.5, 0.6) is 0 Å². The van der Waals surface area contributed by atoms with E-state index < -0.39 is 0 Å². The zero-order valence-electron chi connectivity index (χ0n) is 11.6. The summed E-state index contributed by atoms with van der Waals surface area (Å²) in [6.45, 7) is 6.71. The standard InChI is InChI=1S/C16H24N2/c1-12-7-8-14(11-13(12)2)18-10-9-17-15-5-3-4-6-16(15)18/h7-8,11,15-17H,3-6,9-10H2,1-2H3/t15-,16+/m1/s1. The first kappa shape index (κ1) is 12.0. The van der Waals surface area contributed by atoms with Gasteiger partial charge in [0.1, 0.15) is 0 Å². The van der Waals surface area contributed by atoms with E-state index in [4.69, 9.17) is 0 Å². The summed E-state index contributed by atoms with van der Waals surface area (Å²) >= 11 is 0. The number of benzene rings is 1. The second-order valence-corrected chi connectivity index (χ2v) is 5.87. The van der Waals surface area contributed by atoms with Crippen LogP contribution in [0.2, 0.25) is 0 Å². The summed E-state index contributed by atoms with van der Waals surface area (Å²) in [6, 6.07) is 8.37. The minimum atomic E-state index is 0.717. The molecule has 0 aromatic heterocycles. The number of nitrogens with one attached hydrogen (secondary N) is 1. The van der Waals surface area contributed by atoms with Crippen LogP contribution in [-0.2, 0) is 0 Å². The average Bonchev–Trinajstić information content (AvgIpc) is 2.41. The second kappa shape index (κ2) is 4.93. The molecule has 1 aliphatic carbocycles. The molecule has 1 saturated heterocycles. The van der Waals surface area contributed by atoms with E-state index in [9.17, 15) is 0 Å². The van der Waals surface area contributed by atoms with Gasteiger partial charge in [0, 0.05) is 30.9 Å². The van der Waals surface area contributed by atoms with Crippen molar-refractivity contribution in [2.45, 2.75) is 51.6 Å². The number of hydrogen-bond acceptors (Lipinski definition) is 2. The minimum absolute atomic E-state index is 0.717. The van der Waals surface area contributed by atoms with Crippen molar-refractivity contribution in [3.05, 3.63) is 29.3 Å². The van der Waals surface area contributed by atoms with Gasteiger partial charge in [-0.1, -0.05) is 18.9 Å². The monoisotopic (exact) mass is 244 g/mol. The molecule has 0 amide bonds. The van der Waals surface area contributed by atoms with Gasteiger partial charge in [0.2, 0.25) is 0 Å². The molecule has 98 valence electrons. The van der Waals surface area contributed by atoms with Gasteiger partial charge >= 0.3 is 0 Å². The maximum absolute atomic E-state index is 3.71. The van der Waals surface area contributed by atoms with Gasteiger partial charge in [0.05, 0.1) is 0 Å². The van der Waals surface area contributed by atoms with E-state index in [-0.39, 0.29) is 0 Å². The SMILES string of the molecule is Cc1ccc(N2CCN[C@@H]3CCCC[C@@H]32)cc1C. The summed E-state index contributed by atoms with van der Waals surface area (Å²) in [6.07, 6.45) is 5.50. The molecule has 2 nitrogen and oxygen atoms in total. The zero-order valence-corrected chi connectivity index (χ0v) is 11.6. The number of hydrogen-bond donors (Lipinski definition) is 1. The Morgan fingerprint density at radius 1 is 1.11 bits per heavy atom. The summed E-state index contributed by atoms with van der Waals surface area (Å²) < 4.78 is 0. The molecule has 0 bridgehead atoms. The molecular weight excluding hydrogens is 220 g/mol. The third-order valence-electron chi connectivity index (χ3n) is 4.71. The van der Waals surface area contributed by atoms with E-state index in [1.54, 1.807) is 0 Å². The van der Waals surface area contributed by atoms with E-state index in [0.29, 0.717) is 6.04 Å². The Morgan fingerprint density at radius 2 is 1.94 bits per heavy atom. The fourth-order valence-electron chi connectivity index (χ4n) is 3.48. The fourth-order valence-corrected chi connectivity index (χ4v) is 3.48. The lowest BCUT2D eigenvalue weighted by Gasteiger charge is -2.46. The van der Waals surface area contributed by atoms with Crippen molar-refractivity contribution >= 4 is 5.69 Å². The molecule has 1 N–H and O–H groups in total. The Hall–Kier alpha value is -1.02. The molecule has 1 aromatic carbocycles. The van der Waals surface area contributed by atoms with Gasteiger partial charge in [-0.3, -0.25) is 0 Å². The van der Waals surface area contributed by atoms with Gasteiger partial charge in [0.25, 0.3) is 0 Å². The Kier molecular flexibility index (Phi) is 3.29. The van der Waals surface area contributed by atoms with E-state index in [2.05, 4.69) is 42.3 Å². The average molecular weight is 244 g/mol. The largest absolute Gasteiger partial charge is 0.366 e. The Labute approximate surface area is 110 Å². The van der Waals surface area contributed by atoms with Crippen LogP contribution >= 0.6 is 0 Å². The molecule has 1 heterocycles. The number of nitrogens with zero attached hydrogens (tertiary/aromatic N) is 1. The van der Waals surface area contributed by atoms with Gasteiger partial charge < -0.3 is 10.2 Å². The highest BCUT2D eigenvalue weighted by Crippen LogP contribution is 2.30. The van der Waals surface area contributed by atoms with Crippen LogP contribution in [0.1, 0.15) is 36.8 Å². The van der Waals surface area contributed by atoms with E-state index >= 15 is 0 Å². The lowest BCUT2D eigenvalue weighted by atomic mass is 9.87. The molecule has 0 unspecified atom stereocenters. The first-order chi connectivity index (χ1) is 8.75. The van der Waals surface area contributed by atoms with Crippen LogP contribution in [0.15, 0.2) is 18.2 Å². The molecule has 0 radical (unpaired) electrons. The van der Waals surface area contributed by atoms with Crippen LogP contribution < -0.4 is 10.2 Å². The molecule has 18 heavy (non-hydrogen) atoms. The molecule has 2 fully saturated rings. The van der Waals surface area contributed by atoms with E-state index in [1.807, 2.05) is 0 Å². The third-order valence-corrected chi connectivity index (χ3v) is 4.71. The van der Waals surface area contributed by atoms with Crippen molar-refractivity contribution in [2.75, 3.05) is 18.0 Å². The highest BCUT2D eigenvalue weighted by molar-refractivity contribution is 5.52. The van der Waals surface area contributed by atoms with Gasteiger partial charge in [0.15, 0.2) is 0 Å². The van der Waals surface area contributed by atoms with Gasteiger partial charge in [-0.15, -0.1) is 0 Å². The van der Waals surface area contributed by atoms with Crippen molar-refractivity contribution < 1.29 is 0 Å². The molecule has 3 rings (SSSR count). The van der Waals surface area contributed by atoms with Crippen molar-refractivity contribution in [3.63, 3.8) is 0 Å². The Morgan fingerprint density at radius 3 is 2.78 bits per heavy atom. The predicted molar refractivity (Wildman–Crippen MR) is 77.3 cm³/mol. The Bertz CT molecular complexity index is 425. The number of fused-ring (bicyclic) bond motifs is 1. The molecule has 0 spiro atoms. The number of rotatable bonds is 1. The number of piperazine rings is 1. The van der Waals surface area contributed by atoms with Gasteiger partial charge in [-0.25, -0.2) is 0 Å². The Balaban J connectivity index is 1.87. The topological polar surface area (TPSA) is 15.3 Å². The van der Waals surface area contributed by atoms with Gasteiger partial charge in [-0.2, -0.15) is 0 Å². The number of anilines is 1. The van der Waals surface area contributed by atoms with Crippen molar-refractivity contribution in [1.29, 1.82) is 0 Å². The lowest BCUT2D eigenvalue weighted by molar-refractivity contribution is 0.284. The quantitative estimate of drug-likeness (QED) is 0.817. The van der Waals surface area contributed by atoms with Crippen LogP contribution in [-0.4, -0.2) is 25.2 Å². The van der Waals surface area contributed by atoms with Crippen LogP contribution in [0.3, 0.4) is 0 Å². The van der Waals surface area contributed by atoms with Crippen molar-refractivity contribution in [3.8, 4) is 0 Å². The van der Waals surface area contributed by atoms with Crippen molar-refractivity contribution in [2.24, 2.45) is 0 Å². The van der Waals surface area contributed by atoms with Crippen molar-refractivity contribution in [1.82, 2.24) is 5.32 Å². The maximum Gasteiger partial charge on any atom is 0.0443 e. The smallest absolute Gasteiger partial charge is 0.0443 e. The third kappa shape index (κ3) is 2.14. The highest BCUT2D eigenvalue weighted by atomic mass is 15.2. The molecule has 2 aliphatic rings. The highest BCUT2D eigenvalue weighted by Gasteiger charge is 2.32. The lowest BCUT2D eigenvalue weighted by Crippen LogP contribution is -2.59. The zero-order chi connectivity index (χ0) is 12.5. The molecule has 2 atom stereocenters. The predicted octanol–water partition coefficient (Wildman–Crippen LogP) is 3.02. The van der Waals surface area contributed by atoms with Gasteiger partial charge in [-0.05, 0) is 49.9 Å². The second-order valence-electron chi connectivity index (χ2n) is 5.87. The molecule has 2 heteroatoms. The number of aryl methyl sites for hydroxylation is 2. The van der Waals surface area contributed by atoms with Crippen LogP contribution in [0.4, 0.5) is 5.69 Å². The fraction of sp³-hybridized carbons (Fsp3) is 0.625. The molecule has 1 aromatic rings. The molecule has 1 saturated carbocycles. The van der Waals surface area contributed by atoms with E-state index in [1.165, 1.54) is 42.5 Å². The first-order valence-electron chi connectivity index (χ1n) is 7.33. The minimum Gasteiger partial charge on any atom is -0.366 e. The normalized spacial score (nSPS) is 28.0. The first-order valence-corrected chi connectivity index (χ1v) is 7.33.